The molecule has 0 aliphatic rings. The number of rotatable bonds is 13. The van der Waals surface area contributed by atoms with E-state index in [-0.39, 0.29) is 25.0 Å². The molecule has 1 N–H and O–H groups in total. The van der Waals surface area contributed by atoms with Crippen LogP contribution < -0.4 is 14.8 Å². The first kappa shape index (κ1) is 27.1. The molecule has 190 valence electrons. The summed E-state index contributed by atoms with van der Waals surface area (Å²) in [6.07, 6.45) is 2.20. The number of carbonyl (C=O) groups excluding carboxylic acids is 2. The maximum atomic E-state index is 13.6. The van der Waals surface area contributed by atoms with E-state index in [0.29, 0.717) is 29.5 Å². The van der Waals surface area contributed by atoms with Crippen LogP contribution in [0.25, 0.3) is 0 Å². The molecule has 0 radical (unpaired) electrons. The SMILES string of the molecule is CCCCNC(=O)[C@H](Cc1ccccc1)N(Cc1ccccc1Cl)C(=O)COc1ccc(OC)cc1. The molecule has 0 aromatic heterocycles. The molecular formula is C29H33ClN2O4. The lowest BCUT2D eigenvalue weighted by Gasteiger charge is -2.31. The zero-order valence-corrected chi connectivity index (χ0v) is 21.5. The van der Waals surface area contributed by atoms with Gasteiger partial charge in [-0.15, -0.1) is 0 Å². The lowest BCUT2D eigenvalue weighted by molar-refractivity contribution is -0.142. The molecule has 2 amide bonds. The molecule has 36 heavy (non-hydrogen) atoms. The van der Waals surface area contributed by atoms with E-state index >= 15 is 0 Å². The number of nitrogens with zero attached hydrogens (tertiary/aromatic N) is 1. The highest BCUT2D eigenvalue weighted by Crippen LogP contribution is 2.21. The number of carbonyl (C=O) groups is 2. The van der Waals surface area contributed by atoms with Crippen LogP contribution in [0.15, 0.2) is 78.9 Å². The second-order valence-corrected chi connectivity index (χ2v) is 8.83. The van der Waals surface area contributed by atoms with E-state index < -0.39 is 6.04 Å². The molecule has 3 aromatic carbocycles. The van der Waals surface area contributed by atoms with E-state index in [2.05, 4.69) is 12.2 Å². The molecule has 0 unspecified atom stereocenters. The molecule has 7 heteroatoms. The third kappa shape index (κ3) is 8.02. The van der Waals surface area contributed by atoms with Crippen molar-refractivity contribution in [1.29, 1.82) is 0 Å². The molecule has 0 spiro atoms. The first-order valence-corrected chi connectivity index (χ1v) is 12.5. The van der Waals surface area contributed by atoms with Crippen molar-refractivity contribution in [3.8, 4) is 11.5 Å². The summed E-state index contributed by atoms with van der Waals surface area (Å²) in [7, 11) is 1.59. The predicted octanol–water partition coefficient (Wildman–Crippen LogP) is 5.28. The van der Waals surface area contributed by atoms with Crippen LogP contribution in [0.2, 0.25) is 5.02 Å². The van der Waals surface area contributed by atoms with Crippen LogP contribution in [-0.2, 0) is 22.6 Å². The lowest BCUT2D eigenvalue weighted by atomic mass is 10.0. The Balaban J connectivity index is 1.87. The van der Waals surface area contributed by atoms with Crippen LogP contribution in [0, 0.1) is 0 Å². The van der Waals surface area contributed by atoms with Crippen molar-refractivity contribution in [2.75, 3.05) is 20.3 Å². The van der Waals surface area contributed by atoms with Gasteiger partial charge in [0.2, 0.25) is 5.91 Å². The minimum atomic E-state index is -0.729. The van der Waals surface area contributed by atoms with Gasteiger partial charge in [-0.25, -0.2) is 0 Å². The Bertz CT molecular complexity index is 1110. The fourth-order valence-corrected chi connectivity index (χ4v) is 3.97. The molecular weight excluding hydrogens is 476 g/mol. The van der Waals surface area contributed by atoms with Crippen molar-refractivity contribution in [3.63, 3.8) is 0 Å². The fraction of sp³-hybridized carbons (Fsp3) is 0.310. The Morgan fingerprint density at radius 1 is 0.944 bits per heavy atom. The van der Waals surface area contributed by atoms with Gasteiger partial charge in [-0.2, -0.15) is 0 Å². The largest absolute Gasteiger partial charge is 0.497 e. The molecule has 0 saturated heterocycles. The van der Waals surface area contributed by atoms with Gasteiger partial charge in [0.25, 0.3) is 5.91 Å². The molecule has 0 heterocycles. The first-order chi connectivity index (χ1) is 17.5. The quantitative estimate of drug-likeness (QED) is 0.319. The van der Waals surface area contributed by atoms with Crippen molar-refractivity contribution in [3.05, 3.63) is 95.0 Å². The molecule has 1 atom stereocenters. The summed E-state index contributed by atoms with van der Waals surface area (Å²) >= 11 is 6.44. The summed E-state index contributed by atoms with van der Waals surface area (Å²) in [5.74, 6) is 0.726. The minimum Gasteiger partial charge on any atom is -0.497 e. The molecule has 3 aromatic rings. The Kier molecular flexibility index (Phi) is 10.6. The Morgan fingerprint density at radius 3 is 2.28 bits per heavy atom. The third-order valence-corrected chi connectivity index (χ3v) is 6.19. The normalized spacial score (nSPS) is 11.4. The van der Waals surface area contributed by atoms with E-state index in [4.69, 9.17) is 21.1 Å². The van der Waals surface area contributed by atoms with Crippen molar-refractivity contribution in [2.45, 2.75) is 38.8 Å². The smallest absolute Gasteiger partial charge is 0.261 e. The van der Waals surface area contributed by atoms with Gasteiger partial charge in [-0.05, 0) is 47.9 Å². The second-order valence-electron chi connectivity index (χ2n) is 8.43. The monoisotopic (exact) mass is 508 g/mol. The van der Waals surface area contributed by atoms with Crippen molar-refractivity contribution in [1.82, 2.24) is 10.2 Å². The maximum absolute atomic E-state index is 13.6. The predicted molar refractivity (Wildman–Crippen MR) is 142 cm³/mol. The summed E-state index contributed by atoms with van der Waals surface area (Å²) in [6, 6.07) is 23.3. The Morgan fingerprint density at radius 2 is 1.61 bits per heavy atom. The summed E-state index contributed by atoms with van der Waals surface area (Å²) in [5, 5.41) is 3.54. The number of benzene rings is 3. The van der Waals surface area contributed by atoms with Gasteiger partial charge in [0.1, 0.15) is 17.5 Å². The average Bonchev–Trinajstić information content (AvgIpc) is 2.91. The van der Waals surface area contributed by atoms with Crippen LogP contribution in [0.5, 0.6) is 11.5 Å². The summed E-state index contributed by atoms with van der Waals surface area (Å²) in [4.78, 5) is 28.5. The second kappa shape index (κ2) is 14.1. The fourth-order valence-electron chi connectivity index (χ4n) is 3.77. The number of halogens is 1. The van der Waals surface area contributed by atoms with E-state index in [9.17, 15) is 9.59 Å². The average molecular weight is 509 g/mol. The first-order valence-electron chi connectivity index (χ1n) is 12.1. The molecule has 0 fully saturated rings. The number of unbranched alkanes of at least 4 members (excludes halogenated alkanes) is 1. The number of nitrogens with one attached hydrogen (secondary N) is 1. The number of amides is 2. The van der Waals surface area contributed by atoms with Crippen LogP contribution in [0.1, 0.15) is 30.9 Å². The van der Waals surface area contributed by atoms with Crippen LogP contribution in [-0.4, -0.2) is 43.0 Å². The van der Waals surface area contributed by atoms with Crippen LogP contribution >= 0.6 is 11.6 Å². The molecule has 0 aliphatic carbocycles. The summed E-state index contributed by atoms with van der Waals surface area (Å²) in [6.45, 7) is 2.59. The highest BCUT2D eigenvalue weighted by Gasteiger charge is 2.31. The van der Waals surface area contributed by atoms with Crippen LogP contribution in [0.4, 0.5) is 0 Å². The Labute approximate surface area is 218 Å². The number of methoxy groups -OCH3 is 1. The zero-order chi connectivity index (χ0) is 25.8. The molecule has 0 saturated carbocycles. The van der Waals surface area contributed by atoms with E-state index in [1.54, 1.807) is 42.3 Å². The van der Waals surface area contributed by atoms with Gasteiger partial charge in [-0.3, -0.25) is 9.59 Å². The van der Waals surface area contributed by atoms with Crippen molar-refractivity contribution >= 4 is 23.4 Å². The minimum absolute atomic E-state index is 0.184. The highest BCUT2D eigenvalue weighted by molar-refractivity contribution is 6.31. The third-order valence-electron chi connectivity index (χ3n) is 5.82. The number of hydrogen-bond donors (Lipinski definition) is 1. The molecule has 6 nitrogen and oxygen atoms in total. The molecule has 0 bridgehead atoms. The van der Waals surface area contributed by atoms with Gasteiger partial charge in [0, 0.05) is 24.5 Å². The zero-order valence-electron chi connectivity index (χ0n) is 20.8. The van der Waals surface area contributed by atoms with Crippen molar-refractivity contribution in [2.24, 2.45) is 0 Å². The van der Waals surface area contributed by atoms with Gasteiger partial charge in [-0.1, -0.05) is 73.5 Å². The standard InChI is InChI=1S/C29H33ClN2O4/c1-3-4-18-31-29(34)27(19-22-10-6-5-7-11-22)32(20-23-12-8-9-13-26(23)30)28(33)21-36-25-16-14-24(35-2)15-17-25/h5-17,27H,3-4,18-21H2,1-2H3,(H,31,34)/t27-/m0/s1. The molecule has 3 rings (SSSR count). The van der Waals surface area contributed by atoms with E-state index in [1.807, 2.05) is 48.5 Å². The number of hydrogen-bond acceptors (Lipinski definition) is 4. The summed E-state index contributed by atoms with van der Waals surface area (Å²) < 4.78 is 11.0. The maximum Gasteiger partial charge on any atom is 0.261 e. The highest BCUT2D eigenvalue weighted by atomic mass is 35.5. The van der Waals surface area contributed by atoms with Gasteiger partial charge in [0.15, 0.2) is 6.61 Å². The number of ether oxygens (including phenoxy) is 2. The van der Waals surface area contributed by atoms with Crippen LogP contribution in [0.3, 0.4) is 0 Å². The van der Waals surface area contributed by atoms with E-state index in [1.165, 1.54) is 0 Å². The Hall–Kier alpha value is -3.51. The summed E-state index contributed by atoms with van der Waals surface area (Å²) in [5.41, 5.74) is 1.72. The van der Waals surface area contributed by atoms with E-state index in [0.717, 1.165) is 24.0 Å². The van der Waals surface area contributed by atoms with Crippen molar-refractivity contribution < 1.29 is 19.1 Å². The van der Waals surface area contributed by atoms with Gasteiger partial charge in [0.05, 0.1) is 7.11 Å². The van der Waals surface area contributed by atoms with Gasteiger partial charge >= 0.3 is 0 Å². The van der Waals surface area contributed by atoms with Gasteiger partial charge < -0.3 is 19.7 Å². The molecule has 0 aliphatic heterocycles. The topological polar surface area (TPSA) is 67.9 Å². The lowest BCUT2D eigenvalue weighted by Crippen LogP contribution is -2.51.